The molecule has 2 rings (SSSR count). The zero-order chi connectivity index (χ0) is 18.6. The van der Waals surface area contributed by atoms with Crippen molar-refractivity contribution in [1.82, 2.24) is 19.7 Å². The van der Waals surface area contributed by atoms with Crippen LogP contribution in [0.3, 0.4) is 0 Å². The molecular weight excluding hydrogens is 364 g/mol. The van der Waals surface area contributed by atoms with E-state index < -0.39 is 9.84 Å². The molecule has 1 fully saturated rings. The minimum atomic E-state index is -3.05. The number of rotatable bonds is 8. The van der Waals surface area contributed by atoms with Crippen molar-refractivity contribution in [2.24, 2.45) is 5.92 Å². The Hall–Kier alpha value is -1.29. The lowest BCUT2D eigenvalue weighted by Gasteiger charge is -2.29. The van der Waals surface area contributed by atoms with Crippen molar-refractivity contribution in [1.29, 1.82) is 0 Å². The summed E-state index contributed by atoms with van der Waals surface area (Å²) in [4.78, 5) is 26.1. The van der Waals surface area contributed by atoms with Crippen LogP contribution in [0, 0.1) is 5.92 Å². The van der Waals surface area contributed by atoms with E-state index in [1.807, 2.05) is 20.8 Å². The fourth-order valence-corrected chi connectivity index (χ4v) is 5.50. The Kier molecular flexibility index (Phi) is 6.72. The molecule has 1 aliphatic rings. The summed E-state index contributed by atoms with van der Waals surface area (Å²) >= 11 is 1.21. The van der Waals surface area contributed by atoms with Crippen LogP contribution < -0.4 is 5.69 Å². The number of H-pyrrole nitrogens is 1. The maximum absolute atomic E-state index is 12.7. The summed E-state index contributed by atoms with van der Waals surface area (Å²) in [5.41, 5.74) is -0.280. The number of nitrogens with one attached hydrogen (secondary N) is 1. The van der Waals surface area contributed by atoms with Crippen molar-refractivity contribution in [2.75, 3.05) is 23.8 Å². The molecule has 8 nitrogen and oxygen atoms in total. The van der Waals surface area contributed by atoms with E-state index in [1.54, 1.807) is 4.90 Å². The monoisotopic (exact) mass is 390 g/mol. The zero-order valence-electron chi connectivity index (χ0n) is 14.9. The molecule has 10 heteroatoms. The summed E-state index contributed by atoms with van der Waals surface area (Å²) in [6.07, 6.45) is 1.29. The van der Waals surface area contributed by atoms with E-state index in [-0.39, 0.29) is 40.8 Å². The Bertz CT molecular complexity index is 754. The highest BCUT2D eigenvalue weighted by atomic mass is 32.2. The van der Waals surface area contributed by atoms with E-state index in [4.69, 9.17) is 0 Å². The third-order valence-corrected chi connectivity index (χ3v) is 6.74. The number of amides is 1. The predicted molar refractivity (Wildman–Crippen MR) is 97.5 cm³/mol. The van der Waals surface area contributed by atoms with E-state index in [1.165, 1.54) is 16.3 Å². The topological polar surface area (TPSA) is 105 Å². The molecule has 1 N–H and O–H groups in total. The number of carbonyl (C=O) groups is 1. The largest absolute Gasteiger partial charge is 0.343 e. The van der Waals surface area contributed by atoms with Crippen LogP contribution in [0.1, 0.15) is 33.6 Å². The van der Waals surface area contributed by atoms with Crippen LogP contribution in [0.5, 0.6) is 0 Å². The zero-order valence-corrected chi connectivity index (χ0v) is 16.5. The van der Waals surface area contributed by atoms with Gasteiger partial charge < -0.3 is 4.90 Å². The quantitative estimate of drug-likeness (QED) is 0.657. The lowest BCUT2D eigenvalue weighted by atomic mass is 10.1. The summed E-state index contributed by atoms with van der Waals surface area (Å²) in [6.45, 7) is 7.04. The Labute approximate surface area is 152 Å². The van der Waals surface area contributed by atoms with Gasteiger partial charge in [-0.3, -0.25) is 9.36 Å². The van der Waals surface area contributed by atoms with Crippen molar-refractivity contribution in [3.63, 3.8) is 0 Å². The summed E-state index contributed by atoms with van der Waals surface area (Å²) in [6, 6.07) is -0.252. The van der Waals surface area contributed by atoms with Gasteiger partial charge in [0.1, 0.15) is 0 Å². The SMILES string of the molecule is CCCn1c(SCC(=O)N(CC(C)C)[C@H]2CCS(=O)(=O)C2)n[nH]c1=O. The summed E-state index contributed by atoms with van der Waals surface area (Å²) in [5, 5.41) is 6.86. The summed E-state index contributed by atoms with van der Waals surface area (Å²) < 4.78 is 25.0. The van der Waals surface area contributed by atoms with Crippen molar-refractivity contribution in [3.05, 3.63) is 10.5 Å². The Morgan fingerprint density at radius 3 is 2.76 bits per heavy atom. The van der Waals surface area contributed by atoms with Crippen molar-refractivity contribution >= 4 is 27.5 Å². The van der Waals surface area contributed by atoms with Crippen LogP contribution in [0.15, 0.2) is 9.95 Å². The number of aromatic amines is 1. The van der Waals surface area contributed by atoms with Gasteiger partial charge in [-0.15, -0.1) is 5.10 Å². The normalized spacial score (nSPS) is 19.4. The summed E-state index contributed by atoms with van der Waals surface area (Å²) in [5.74, 6) is 0.457. The van der Waals surface area contributed by atoms with E-state index in [0.717, 1.165) is 6.42 Å². The fourth-order valence-electron chi connectivity index (χ4n) is 2.91. The first-order chi connectivity index (χ1) is 11.7. The first kappa shape index (κ1) is 20.0. The molecule has 1 atom stereocenters. The molecule has 0 bridgehead atoms. The van der Waals surface area contributed by atoms with Crippen LogP contribution >= 0.6 is 11.8 Å². The van der Waals surface area contributed by atoms with Crippen molar-refractivity contribution < 1.29 is 13.2 Å². The molecule has 1 aliphatic heterocycles. The lowest BCUT2D eigenvalue weighted by Crippen LogP contribution is -2.44. The molecule has 0 unspecified atom stereocenters. The molecule has 0 aliphatic carbocycles. The van der Waals surface area contributed by atoms with Gasteiger partial charge in [-0.25, -0.2) is 18.3 Å². The molecule has 0 radical (unpaired) electrons. The predicted octanol–water partition coefficient (Wildman–Crippen LogP) is 0.745. The molecule has 2 heterocycles. The molecule has 1 aromatic rings. The number of aromatic nitrogens is 3. The highest BCUT2D eigenvalue weighted by Crippen LogP contribution is 2.21. The molecule has 1 amide bonds. The van der Waals surface area contributed by atoms with Gasteiger partial charge in [0.15, 0.2) is 15.0 Å². The fraction of sp³-hybridized carbons (Fsp3) is 0.800. The molecule has 0 aromatic carbocycles. The number of carbonyl (C=O) groups excluding carboxylic acids is 1. The van der Waals surface area contributed by atoms with Crippen molar-refractivity contribution in [3.8, 4) is 0 Å². The van der Waals surface area contributed by atoms with Crippen LogP contribution in [0.2, 0.25) is 0 Å². The minimum absolute atomic E-state index is 0.0407. The first-order valence-corrected chi connectivity index (χ1v) is 11.3. The van der Waals surface area contributed by atoms with Gasteiger partial charge in [-0.05, 0) is 18.8 Å². The molecule has 1 aromatic heterocycles. The highest BCUT2D eigenvalue weighted by Gasteiger charge is 2.34. The second kappa shape index (κ2) is 8.39. The third-order valence-electron chi connectivity index (χ3n) is 4.03. The van der Waals surface area contributed by atoms with E-state index in [9.17, 15) is 18.0 Å². The molecule has 25 heavy (non-hydrogen) atoms. The van der Waals surface area contributed by atoms with Gasteiger partial charge in [0.25, 0.3) is 0 Å². The Balaban J connectivity index is 2.06. The molecule has 142 valence electrons. The smallest absolute Gasteiger partial charge is 0.338 e. The van der Waals surface area contributed by atoms with Crippen LogP contribution in [-0.4, -0.2) is 63.8 Å². The van der Waals surface area contributed by atoms with Gasteiger partial charge in [0.2, 0.25) is 5.91 Å². The Morgan fingerprint density at radius 2 is 2.20 bits per heavy atom. The first-order valence-electron chi connectivity index (χ1n) is 8.51. The molecule has 0 spiro atoms. The van der Waals surface area contributed by atoms with E-state index >= 15 is 0 Å². The highest BCUT2D eigenvalue weighted by molar-refractivity contribution is 7.99. The number of hydrogen-bond acceptors (Lipinski definition) is 6. The van der Waals surface area contributed by atoms with Crippen LogP contribution in [0.4, 0.5) is 0 Å². The average Bonchev–Trinajstić information content (AvgIpc) is 3.06. The van der Waals surface area contributed by atoms with Gasteiger partial charge in [0.05, 0.1) is 17.3 Å². The standard InChI is InChI=1S/C15H26N4O4S2/c1-4-6-18-14(21)16-17-15(18)24-9-13(20)19(8-11(2)3)12-5-7-25(22,23)10-12/h11-12H,4-10H2,1-3H3,(H,16,21)/t12-/m0/s1. The van der Waals surface area contributed by atoms with Crippen LogP contribution in [0.25, 0.3) is 0 Å². The number of hydrogen-bond donors (Lipinski definition) is 1. The van der Waals surface area contributed by atoms with E-state index in [0.29, 0.717) is 24.7 Å². The lowest BCUT2D eigenvalue weighted by molar-refractivity contribution is -0.130. The summed E-state index contributed by atoms with van der Waals surface area (Å²) in [7, 11) is -3.05. The maximum Gasteiger partial charge on any atom is 0.343 e. The molecule has 1 saturated heterocycles. The number of nitrogens with zero attached hydrogens (tertiary/aromatic N) is 3. The van der Waals surface area contributed by atoms with Crippen molar-refractivity contribution in [2.45, 2.75) is 51.4 Å². The average molecular weight is 391 g/mol. The van der Waals surface area contributed by atoms with Gasteiger partial charge >= 0.3 is 5.69 Å². The van der Waals surface area contributed by atoms with Gasteiger partial charge in [0, 0.05) is 19.1 Å². The van der Waals surface area contributed by atoms with Crippen LogP contribution in [-0.2, 0) is 21.2 Å². The minimum Gasteiger partial charge on any atom is -0.338 e. The second-order valence-electron chi connectivity index (χ2n) is 6.75. The second-order valence-corrected chi connectivity index (χ2v) is 9.92. The van der Waals surface area contributed by atoms with E-state index in [2.05, 4.69) is 10.2 Å². The maximum atomic E-state index is 12.7. The third kappa shape index (κ3) is 5.34. The number of sulfone groups is 1. The molecular formula is C15H26N4O4S2. The molecule has 0 saturated carbocycles. The van der Waals surface area contributed by atoms with Gasteiger partial charge in [-0.1, -0.05) is 32.5 Å². The van der Waals surface area contributed by atoms with Gasteiger partial charge in [-0.2, -0.15) is 0 Å². The number of thioether (sulfide) groups is 1. The Morgan fingerprint density at radius 1 is 1.48 bits per heavy atom.